The fourth-order valence-electron chi connectivity index (χ4n) is 0.170. The van der Waals surface area contributed by atoms with Crippen LogP contribution < -0.4 is 0 Å². The summed E-state index contributed by atoms with van der Waals surface area (Å²) in [5, 5.41) is 0. The summed E-state index contributed by atoms with van der Waals surface area (Å²) < 4.78 is 89.3. The summed E-state index contributed by atoms with van der Waals surface area (Å²) in [7, 11) is -10.6. The number of halogens is 8. The van der Waals surface area contributed by atoms with Crippen molar-refractivity contribution in [1.82, 2.24) is 0 Å². The average molecular weight is 224 g/mol. The van der Waals surface area contributed by atoms with Gasteiger partial charge in [0.05, 0.1) is 0 Å². The van der Waals surface area contributed by atoms with Crippen molar-refractivity contribution in [2.24, 2.45) is 0 Å². The Labute approximate surface area is 60.5 Å². The van der Waals surface area contributed by atoms with Gasteiger partial charge in [0.1, 0.15) is 0 Å². The predicted molar refractivity (Wildman–Crippen MR) is 24.6 cm³/mol. The zero-order valence-electron chi connectivity index (χ0n) is 4.84. The molecule has 0 aliphatic heterocycles. The van der Waals surface area contributed by atoms with E-state index in [1.165, 1.54) is 4.18 Å². The molecule has 76 valence electrons. The van der Waals surface area contributed by atoms with Crippen molar-refractivity contribution in [1.29, 1.82) is 0 Å². The van der Waals surface area contributed by atoms with Crippen molar-refractivity contribution in [3.8, 4) is 0 Å². The third-order valence-electron chi connectivity index (χ3n) is 0.379. The molecule has 0 unspecified atom stereocenters. The smallest absolute Gasteiger partial charge is 0.318 e. The van der Waals surface area contributed by atoms with Gasteiger partial charge in [-0.15, -0.1) is 0 Å². The maximum Gasteiger partial charge on any atom is 0.438 e. The van der Waals surface area contributed by atoms with E-state index in [4.69, 9.17) is 0 Å². The summed E-state index contributed by atoms with van der Waals surface area (Å²) in [5.41, 5.74) is 0. The molecule has 0 aromatic carbocycles. The molecule has 0 bridgehead atoms. The fraction of sp³-hybridized carbons (Fsp3) is 0. The molecule has 0 aromatic heterocycles. The zero-order valence-corrected chi connectivity index (χ0v) is 5.66. The van der Waals surface area contributed by atoms with Gasteiger partial charge in [0.15, 0.2) is 0 Å². The lowest BCUT2D eigenvalue weighted by atomic mass is 11.0. The second kappa shape index (κ2) is 1.98. The lowest BCUT2D eigenvalue weighted by Crippen LogP contribution is -2.08. The Balaban J connectivity index is 4.85. The van der Waals surface area contributed by atoms with Gasteiger partial charge < -0.3 is 4.18 Å². The molecule has 0 heterocycles. The molecule has 1 nitrogen and oxygen atoms in total. The summed E-state index contributed by atoms with van der Waals surface area (Å²) in [6.45, 7) is 0. The SMILES string of the molecule is FC(F)=C(F)OS(F)(F)(F)(F)F. The van der Waals surface area contributed by atoms with Crippen LogP contribution in [0, 0.1) is 0 Å². The first kappa shape index (κ1) is 11.3. The first-order valence-corrected chi connectivity index (χ1v) is 3.84. The van der Waals surface area contributed by atoms with Gasteiger partial charge in [0.2, 0.25) is 0 Å². The van der Waals surface area contributed by atoms with Gasteiger partial charge >= 0.3 is 22.6 Å². The van der Waals surface area contributed by atoms with Crippen LogP contribution in [-0.2, 0) is 4.18 Å². The second-order valence-electron chi connectivity index (χ2n) is 1.52. The summed E-state index contributed by atoms with van der Waals surface area (Å²) in [5.74, 6) is 0. The van der Waals surface area contributed by atoms with Crippen LogP contribution in [-0.4, -0.2) is 0 Å². The first-order chi connectivity index (χ1) is 4.80. The summed E-state index contributed by atoms with van der Waals surface area (Å²) in [4.78, 5) is 0. The Bertz CT molecular complexity index is 217. The Morgan fingerprint density at radius 2 is 1.17 bits per heavy atom. The van der Waals surface area contributed by atoms with E-state index in [1.807, 2.05) is 0 Å². The number of hydrogen-bond acceptors (Lipinski definition) is 1. The minimum absolute atomic E-state index is 1.32. The van der Waals surface area contributed by atoms with Gasteiger partial charge in [-0.25, -0.2) is 0 Å². The van der Waals surface area contributed by atoms with Gasteiger partial charge in [0, 0.05) is 0 Å². The highest BCUT2D eigenvalue weighted by Gasteiger charge is 2.68. The highest BCUT2D eigenvalue weighted by molar-refractivity contribution is 8.42. The highest BCUT2D eigenvalue weighted by atomic mass is 32.5. The van der Waals surface area contributed by atoms with Gasteiger partial charge in [-0.05, 0) is 0 Å². The van der Waals surface area contributed by atoms with Crippen LogP contribution in [0.15, 0.2) is 12.1 Å². The van der Waals surface area contributed by atoms with Crippen molar-refractivity contribution in [3.05, 3.63) is 12.1 Å². The van der Waals surface area contributed by atoms with E-state index < -0.39 is 22.6 Å². The van der Waals surface area contributed by atoms with E-state index in [2.05, 4.69) is 0 Å². The molecule has 12 heavy (non-hydrogen) atoms. The Hall–Kier alpha value is -0.670. The summed E-state index contributed by atoms with van der Waals surface area (Å²) in [6, 6.07) is -3.64. The number of hydrogen-bond donors (Lipinski definition) is 0. The quantitative estimate of drug-likeness (QED) is 0.503. The molecule has 10 heteroatoms. The topological polar surface area (TPSA) is 9.23 Å². The fourth-order valence-corrected chi connectivity index (χ4v) is 0.509. The molecule has 0 aliphatic carbocycles. The molecule has 0 radical (unpaired) electrons. The lowest BCUT2D eigenvalue weighted by molar-refractivity contribution is 0.142. The molecule has 0 rings (SSSR count). The molecule has 0 fully saturated rings. The molecule has 0 saturated heterocycles. The third-order valence-corrected chi connectivity index (χ3v) is 0.841. The van der Waals surface area contributed by atoms with Crippen LogP contribution in [0.25, 0.3) is 0 Å². The molecule has 0 amide bonds. The van der Waals surface area contributed by atoms with E-state index in [0.717, 1.165) is 0 Å². The molecule has 0 saturated carbocycles. The Morgan fingerprint density at radius 1 is 0.833 bits per heavy atom. The zero-order chi connectivity index (χ0) is 10.3. The van der Waals surface area contributed by atoms with Crippen molar-refractivity contribution >= 4 is 10.5 Å². The number of rotatable bonds is 2. The van der Waals surface area contributed by atoms with Crippen LogP contribution >= 0.6 is 10.5 Å². The molecular weight excluding hydrogens is 224 g/mol. The molecule has 0 aromatic rings. The van der Waals surface area contributed by atoms with Gasteiger partial charge in [-0.2, -0.15) is 13.2 Å². The standard InChI is InChI=1S/C2F8OS/c3-1(4)2(5)11-12(6,7,8,9)10. The van der Waals surface area contributed by atoms with Crippen molar-refractivity contribution in [2.45, 2.75) is 0 Å². The molecule has 0 atom stereocenters. The third kappa shape index (κ3) is 6.07. The van der Waals surface area contributed by atoms with Crippen LogP contribution in [0.4, 0.5) is 32.6 Å². The summed E-state index contributed by atoms with van der Waals surface area (Å²) >= 11 is 0. The maximum atomic E-state index is 11.2. The van der Waals surface area contributed by atoms with Crippen LogP contribution in [0.1, 0.15) is 0 Å². The summed E-state index contributed by atoms with van der Waals surface area (Å²) in [6.07, 6.45) is -3.61. The second-order valence-corrected chi connectivity index (χ2v) is 3.48. The predicted octanol–water partition coefficient (Wildman–Crippen LogP) is 4.25. The highest BCUT2D eigenvalue weighted by Crippen LogP contribution is 2.99. The van der Waals surface area contributed by atoms with Gasteiger partial charge in [-0.1, -0.05) is 19.4 Å². The van der Waals surface area contributed by atoms with Gasteiger partial charge in [-0.3, -0.25) is 0 Å². The van der Waals surface area contributed by atoms with Crippen LogP contribution in [0.5, 0.6) is 0 Å². The van der Waals surface area contributed by atoms with E-state index in [9.17, 15) is 32.6 Å². The Morgan fingerprint density at radius 3 is 1.25 bits per heavy atom. The van der Waals surface area contributed by atoms with E-state index >= 15 is 0 Å². The largest absolute Gasteiger partial charge is 0.438 e. The van der Waals surface area contributed by atoms with E-state index in [-0.39, 0.29) is 0 Å². The Kier molecular flexibility index (Phi) is 1.87. The van der Waals surface area contributed by atoms with Crippen molar-refractivity contribution < 1.29 is 36.8 Å². The minimum atomic E-state index is -10.6. The first-order valence-electron chi connectivity index (χ1n) is 1.96. The molecule has 0 spiro atoms. The molecular formula is C2F8OS. The van der Waals surface area contributed by atoms with Gasteiger partial charge in [0.25, 0.3) is 0 Å². The van der Waals surface area contributed by atoms with Crippen molar-refractivity contribution in [3.63, 3.8) is 0 Å². The monoisotopic (exact) mass is 224 g/mol. The minimum Gasteiger partial charge on any atom is -0.318 e. The van der Waals surface area contributed by atoms with E-state index in [1.54, 1.807) is 0 Å². The van der Waals surface area contributed by atoms with Crippen molar-refractivity contribution in [2.75, 3.05) is 0 Å². The normalized spacial score (nSPS) is 17.7. The lowest BCUT2D eigenvalue weighted by Gasteiger charge is -2.37. The molecule has 0 N–H and O–H groups in total. The van der Waals surface area contributed by atoms with Crippen LogP contribution in [0.2, 0.25) is 0 Å². The van der Waals surface area contributed by atoms with Crippen LogP contribution in [0.3, 0.4) is 0 Å². The molecule has 0 aliphatic rings. The van der Waals surface area contributed by atoms with E-state index in [0.29, 0.717) is 0 Å². The average Bonchev–Trinajstić information content (AvgIpc) is 1.55. The maximum absolute atomic E-state index is 11.2.